The number of ketones is 1. The molecule has 5 nitrogen and oxygen atoms in total. The van der Waals surface area contributed by atoms with Crippen LogP contribution < -0.4 is 0 Å². The third-order valence-electron chi connectivity index (χ3n) is 3.88. The van der Waals surface area contributed by atoms with Crippen LogP contribution in [-0.4, -0.2) is 56.1 Å². The van der Waals surface area contributed by atoms with Crippen molar-refractivity contribution in [3.8, 4) is 0 Å². The standard InChI is InChI=1S/C15H27NO4/c1-11(7-12(2)17)5-6-15(18)16-9-14(20-4)8-13(16)10-19-3/h11,13-14H,5-10H2,1-4H3/t11?,13-,14+/m0/s1. The molecular formula is C15H27NO4. The number of Topliss-reactive ketones (excluding diaryl/α,β-unsaturated/α-hetero) is 1. The van der Waals surface area contributed by atoms with Gasteiger partial charge in [0.05, 0.1) is 18.8 Å². The molecule has 1 heterocycles. The molecule has 116 valence electrons. The Kier molecular flexibility index (Phi) is 7.16. The van der Waals surface area contributed by atoms with E-state index in [0.717, 1.165) is 12.8 Å². The first kappa shape index (κ1) is 17.1. The second-order valence-corrected chi connectivity index (χ2v) is 5.80. The zero-order valence-electron chi connectivity index (χ0n) is 13.1. The number of rotatable bonds is 8. The summed E-state index contributed by atoms with van der Waals surface area (Å²) >= 11 is 0. The summed E-state index contributed by atoms with van der Waals surface area (Å²) in [7, 11) is 3.33. The average Bonchev–Trinajstić information content (AvgIpc) is 2.79. The zero-order chi connectivity index (χ0) is 15.1. The summed E-state index contributed by atoms with van der Waals surface area (Å²) in [5.41, 5.74) is 0. The van der Waals surface area contributed by atoms with Gasteiger partial charge in [-0.2, -0.15) is 0 Å². The van der Waals surface area contributed by atoms with E-state index < -0.39 is 0 Å². The molecule has 3 atom stereocenters. The summed E-state index contributed by atoms with van der Waals surface area (Å²) in [6.07, 6.45) is 2.74. The maximum atomic E-state index is 12.3. The van der Waals surface area contributed by atoms with E-state index in [9.17, 15) is 9.59 Å². The van der Waals surface area contributed by atoms with E-state index in [2.05, 4.69) is 0 Å². The molecular weight excluding hydrogens is 258 g/mol. The van der Waals surface area contributed by atoms with Crippen LogP contribution in [0.5, 0.6) is 0 Å². The van der Waals surface area contributed by atoms with Gasteiger partial charge in [0.25, 0.3) is 0 Å². The van der Waals surface area contributed by atoms with E-state index in [1.807, 2.05) is 11.8 Å². The maximum absolute atomic E-state index is 12.3. The summed E-state index contributed by atoms with van der Waals surface area (Å²) < 4.78 is 10.5. The fourth-order valence-electron chi connectivity index (χ4n) is 2.81. The topological polar surface area (TPSA) is 55.8 Å². The highest BCUT2D eigenvalue weighted by Crippen LogP contribution is 2.22. The molecule has 0 bridgehead atoms. The normalized spacial score (nSPS) is 23.9. The van der Waals surface area contributed by atoms with Crippen LogP contribution in [0, 0.1) is 5.92 Å². The molecule has 20 heavy (non-hydrogen) atoms. The van der Waals surface area contributed by atoms with E-state index in [4.69, 9.17) is 9.47 Å². The smallest absolute Gasteiger partial charge is 0.222 e. The number of nitrogens with zero attached hydrogens (tertiary/aromatic N) is 1. The summed E-state index contributed by atoms with van der Waals surface area (Å²) in [5, 5.41) is 0. The minimum atomic E-state index is 0.105. The number of amides is 1. The van der Waals surface area contributed by atoms with Crippen molar-refractivity contribution in [2.45, 2.75) is 51.7 Å². The first-order chi connectivity index (χ1) is 9.47. The Morgan fingerprint density at radius 1 is 1.35 bits per heavy atom. The Bertz CT molecular complexity index is 332. The van der Waals surface area contributed by atoms with Gasteiger partial charge in [0.2, 0.25) is 5.91 Å². The first-order valence-corrected chi connectivity index (χ1v) is 7.28. The van der Waals surface area contributed by atoms with Gasteiger partial charge in [-0.3, -0.25) is 4.79 Å². The first-order valence-electron chi connectivity index (χ1n) is 7.28. The highest BCUT2D eigenvalue weighted by atomic mass is 16.5. The second kappa shape index (κ2) is 8.37. The minimum absolute atomic E-state index is 0.105. The molecule has 5 heteroatoms. The molecule has 1 aliphatic heterocycles. The van der Waals surface area contributed by atoms with Gasteiger partial charge < -0.3 is 19.2 Å². The van der Waals surface area contributed by atoms with Gasteiger partial charge in [-0.25, -0.2) is 0 Å². The van der Waals surface area contributed by atoms with Crippen molar-refractivity contribution in [3.63, 3.8) is 0 Å². The summed E-state index contributed by atoms with van der Waals surface area (Å²) in [6, 6.07) is 0.112. The van der Waals surface area contributed by atoms with Crippen molar-refractivity contribution in [1.82, 2.24) is 4.90 Å². The van der Waals surface area contributed by atoms with Gasteiger partial charge in [0.1, 0.15) is 5.78 Å². The number of carbonyl (C=O) groups excluding carboxylic acids is 2. The van der Waals surface area contributed by atoms with Gasteiger partial charge in [-0.15, -0.1) is 0 Å². The number of methoxy groups -OCH3 is 2. The summed E-state index contributed by atoms with van der Waals surface area (Å²) in [4.78, 5) is 25.2. The predicted molar refractivity (Wildman–Crippen MR) is 76.5 cm³/mol. The monoisotopic (exact) mass is 285 g/mol. The maximum Gasteiger partial charge on any atom is 0.222 e. The molecule has 1 aliphatic rings. The number of likely N-dealkylation sites (tertiary alicyclic amines) is 1. The van der Waals surface area contributed by atoms with Crippen LogP contribution in [-0.2, 0) is 19.1 Å². The molecule has 1 amide bonds. The molecule has 0 spiro atoms. The fraction of sp³-hybridized carbons (Fsp3) is 0.867. The Morgan fingerprint density at radius 2 is 2.05 bits per heavy atom. The molecule has 1 saturated heterocycles. The van der Waals surface area contributed by atoms with Crippen LogP contribution in [0.1, 0.15) is 39.5 Å². The summed E-state index contributed by atoms with van der Waals surface area (Å²) in [6.45, 7) is 4.80. The average molecular weight is 285 g/mol. The number of hydrogen-bond acceptors (Lipinski definition) is 4. The van der Waals surface area contributed by atoms with E-state index >= 15 is 0 Å². The highest BCUT2D eigenvalue weighted by Gasteiger charge is 2.34. The molecule has 0 aromatic heterocycles. The third kappa shape index (κ3) is 5.21. The highest BCUT2D eigenvalue weighted by molar-refractivity contribution is 5.77. The SMILES string of the molecule is COC[C@@H]1C[C@@H](OC)CN1C(=O)CCC(C)CC(C)=O. The minimum Gasteiger partial charge on any atom is -0.383 e. The van der Waals surface area contributed by atoms with E-state index in [-0.39, 0.29) is 29.8 Å². The van der Waals surface area contributed by atoms with Crippen LogP contribution in [0.3, 0.4) is 0 Å². The van der Waals surface area contributed by atoms with Crippen molar-refractivity contribution in [3.05, 3.63) is 0 Å². The Labute approximate surface area is 121 Å². The quantitative estimate of drug-likeness (QED) is 0.680. The molecule has 0 aliphatic carbocycles. The number of ether oxygens (including phenoxy) is 2. The molecule has 1 fully saturated rings. The molecule has 0 aromatic carbocycles. The van der Waals surface area contributed by atoms with Crippen LogP contribution in [0.4, 0.5) is 0 Å². The lowest BCUT2D eigenvalue weighted by Gasteiger charge is -2.24. The lowest BCUT2D eigenvalue weighted by molar-refractivity contribution is -0.133. The fourth-order valence-corrected chi connectivity index (χ4v) is 2.81. The van der Waals surface area contributed by atoms with Crippen LogP contribution in [0.2, 0.25) is 0 Å². The lowest BCUT2D eigenvalue weighted by atomic mass is 9.99. The Morgan fingerprint density at radius 3 is 2.60 bits per heavy atom. The van der Waals surface area contributed by atoms with Gasteiger partial charge in [-0.1, -0.05) is 6.92 Å². The second-order valence-electron chi connectivity index (χ2n) is 5.80. The van der Waals surface area contributed by atoms with Gasteiger partial charge in [0, 0.05) is 33.6 Å². The van der Waals surface area contributed by atoms with Gasteiger partial charge >= 0.3 is 0 Å². The molecule has 1 rings (SSSR count). The zero-order valence-corrected chi connectivity index (χ0v) is 13.1. The molecule has 0 saturated carbocycles. The van der Waals surface area contributed by atoms with E-state index in [0.29, 0.717) is 26.0 Å². The van der Waals surface area contributed by atoms with Crippen molar-refractivity contribution >= 4 is 11.7 Å². The van der Waals surface area contributed by atoms with Crippen LogP contribution in [0.15, 0.2) is 0 Å². The van der Waals surface area contributed by atoms with Crippen LogP contribution in [0.25, 0.3) is 0 Å². The molecule has 0 N–H and O–H groups in total. The van der Waals surface area contributed by atoms with Crippen molar-refractivity contribution < 1.29 is 19.1 Å². The molecule has 0 aromatic rings. The Hall–Kier alpha value is -0.940. The molecule has 0 radical (unpaired) electrons. The van der Waals surface area contributed by atoms with Crippen molar-refractivity contribution in [2.75, 3.05) is 27.4 Å². The number of hydrogen-bond donors (Lipinski definition) is 0. The van der Waals surface area contributed by atoms with E-state index in [1.165, 1.54) is 0 Å². The lowest BCUT2D eigenvalue weighted by Crippen LogP contribution is -2.38. The third-order valence-corrected chi connectivity index (χ3v) is 3.88. The van der Waals surface area contributed by atoms with Crippen molar-refractivity contribution in [2.24, 2.45) is 5.92 Å². The molecule has 1 unspecified atom stereocenters. The van der Waals surface area contributed by atoms with Gasteiger partial charge in [0.15, 0.2) is 0 Å². The summed E-state index contributed by atoms with van der Waals surface area (Å²) in [5.74, 6) is 0.586. The van der Waals surface area contributed by atoms with Crippen LogP contribution >= 0.6 is 0 Å². The Balaban J connectivity index is 2.46. The largest absolute Gasteiger partial charge is 0.383 e. The van der Waals surface area contributed by atoms with Gasteiger partial charge in [-0.05, 0) is 25.7 Å². The van der Waals surface area contributed by atoms with E-state index in [1.54, 1.807) is 21.1 Å². The predicted octanol–water partition coefficient (Wildman–Crippen LogP) is 1.64. The number of carbonyl (C=O) groups is 2. The van der Waals surface area contributed by atoms with Crippen molar-refractivity contribution in [1.29, 1.82) is 0 Å².